The molecule has 0 spiro atoms. The minimum atomic E-state index is -0.934. The lowest BCUT2D eigenvalue weighted by molar-refractivity contribution is 0.0686. The van der Waals surface area contributed by atoms with E-state index >= 15 is 0 Å². The van der Waals surface area contributed by atoms with E-state index in [2.05, 4.69) is 0 Å². The van der Waals surface area contributed by atoms with Gasteiger partial charge in [-0.05, 0) is 95.4 Å². The topological polar surface area (TPSA) is 93.1 Å². The molecule has 0 heterocycles. The lowest BCUT2D eigenvalue weighted by Gasteiger charge is -2.08. The van der Waals surface area contributed by atoms with Crippen molar-refractivity contribution in [3.05, 3.63) is 96.3 Å². The van der Waals surface area contributed by atoms with E-state index in [1.807, 2.05) is 42.5 Å². The van der Waals surface area contributed by atoms with Crippen molar-refractivity contribution in [2.75, 3.05) is 6.61 Å². The van der Waals surface area contributed by atoms with E-state index in [9.17, 15) is 9.59 Å². The van der Waals surface area contributed by atoms with Gasteiger partial charge in [-0.2, -0.15) is 0 Å². The molecule has 0 radical (unpaired) electrons. The van der Waals surface area contributed by atoms with Crippen LogP contribution in [0.1, 0.15) is 52.8 Å². The van der Waals surface area contributed by atoms with Crippen LogP contribution in [0.4, 0.5) is 0 Å². The van der Waals surface area contributed by atoms with E-state index in [0.717, 1.165) is 65.1 Å². The third-order valence-electron chi connectivity index (χ3n) is 5.95. The first-order valence-electron chi connectivity index (χ1n) is 12.0. The predicted octanol–water partition coefficient (Wildman–Crippen LogP) is 7.31. The Balaban J connectivity index is 1.11. The van der Waals surface area contributed by atoms with Crippen LogP contribution < -0.4 is 9.47 Å². The SMILES string of the molecule is O=C(O)c1ccc2cc(OC=CCCCCCCOc3ccc4cc(C(=O)O)ccc4c3)ccc2c1. The molecule has 0 aliphatic heterocycles. The lowest BCUT2D eigenvalue weighted by atomic mass is 10.1. The molecule has 0 atom stereocenters. The maximum absolute atomic E-state index is 11.1. The van der Waals surface area contributed by atoms with Gasteiger partial charge in [0.05, 0.1) is 24.0 Å². The van der Waals surface area contributed by atoms with Crippen molar-refractivity contribution in [3.63, 3.8) is 0 Å². The Bertz CT molecular complexity index is 1410. The molecule has 184 valence electrons. The van der Waals surface area contributed by atoms with Gasteiger partial charge in [-0.1, -0.05) is 37.1 Å². The summed E-state index contributed by atoms with van der Waals surface area (Å²) in [7, 11) is 0. The van der Waals surface area contributed by atoms with Crippen LogP contribution in [0.2, 0.25) is 0 Å². The number of benzene rings is 4. The summed E-state index contributed by atoms with van der Waals surface area (Å²) >= 11 is 0. The zero-order valence-electron chi connectivity index (χ0n) is 19.9. The molecule has 0 unspecified atom stereocenters. The van der Waals surface area contributed by atoms with Crippen molar-refractivity contribution in [1.29, 1.82) is 0 Å². The maximum atomic E-state index is 11.1. The van der Waals surface area contributed by atoms with Crippen LogP contribution in [0.3, 0.4) is 0 Å². The van der Waals surface area contributed by atoms with E-state index in [4.69, 9.17) is 19.7 Å². The number of hydrogen-bond acceptors (Lipinski definition) is 4. The third-order valence-corrected chi connectivity index (χ3v) is 5.95. The molecule has 6 nitrogen and oxygen atoms in total. The van der Waals surface area contributed by atoms with Crippen LogP contribution in [0.5, 0.6) is 11.5 Å². The molecule has 4 rings (SSSR count). The molecule has 36 heavy (non-hydrogen) atoms. The van der Waals surface area contributed by atoms with Gasteiger partial charge in [0.25, 0.3) is 0 Å². The molecule has 4 aromatic carbocycles. The largest absolute Gasteiger partial charge is 0.494 e. The Morgan fingerprint density at radius 2 is 1.17 bits per heavy atom. The maximum Gasteiger partial charge on any atom is 0.335 e. The zero-order valence-corrected chi connectivity index (χ0v) is 19.9. The summed E-state index contributed by atoms with van der Waals surface area (Å²) in [6, 6.07) is 21.4. The second kappa shape index (κ2) is 11.9. The molecular weight excluding hydrogens is 456 g/mol. The van der Waals surface area contributed by atoms with E-state index in [0.29, 0.717) is 6.61 Å². The van der Waals surface area contributed by atoms with Gasteiger partial charge >= 0.3 is 11.9 Å². The number of rotatable bonds is 12. The number of carbonyl (C=O) groups is 2. The van der Waals surface area contributed by atoms with Crippen molar-refractivity contribution in [3.8, 4) is 11.5 Å². The highest BCUT2D eigenvalue weighted by atomic mass is 16.5. The van der Waals surface area contributed by atoms with Gasteiger partial charge in [-0.25, -0.2) is 9.59 Å². The Kier molecular flexibility index (Phi) is 8.19. The normalized spacial score (nSPS) is 11.2. The van der Waals surface area contributed by atoms with Gasteiger partial charge < -0.3 is 19.7 Å². The molecule has 4 aromatic rings. The summed E-state index contributed by atoms with van der Waals surface area (Å²) in [6.45, 7) is 0.646. The minimum Gasteiger partial charge on any atom is -0.494 e. The predicted molar refractivity (Wildman–Crippen MR) is 140 cm³/mol. The minimum absolute atomic E-state index is 0.272. The number of unbranched alkanes of at least 4 members (excludes halogenated alkanes) is 4. The van der Waals surface area contributed by atoms with Crippen LogP contribution in [-0.4, -0.2) is 28.8 Å². The summed E-state index contributed by atoms with van der Waals surface area (Å²) < 4.78 is 11.5. The van der Waals surface area contributed by atoms with Gasteiger partial charge in [-0.15, -0.1) is 0 Å². The number of fused-ring (bicyclic) bond motifs is 2. The van der Waals surface area contributed by atoms with E-state index < -0.39 is 11.9 Å². The molecule has 2 N–H and O–H groups in total. The Hall–Kier alpha value is -4.32. The molecule has 0 aliphatic rings. The van der Waals surface area contributed by atoms with Gasteiger partial charge in [-0.3, -0.25) is 0 Å². The highest BCUT2D eigenvalue weighted by molar-refractivity contribution is 5.95. The zero-order chi connectivity index (χ0) is 25.3. The number of hydrogen-bond donors (Lipinski definition) is 2. The second-order valence-corrected chi connectivity index (χ2v) is 8.60. The second-order valence-electron chi connectivity index (χ2n) is 8.60. The fraction of sp³-hybridized carbons (Fsp3) is 0.200. The molecule has 0 fully saturated rings. The first-order valence-corrected chi connectivity index (χ1v) is 12.0. The van der Waals surface area contributed by atoms with Crippen molar-refractivity contribution < 1.29 is 29.3 Å². The summed E-state index contributed by atoms with van der Waals surface area (Å²) in [4.78, 5) is 22.2. The molecule has 0 aromatic heterocycles. The standard InChI is InChI=1S/C30H28O6/c31-29(32)25-9-7-23-19-27(13-11-21(23)17-25)35-15-5-3-1-2-4-6-16-36-28-14-12-22-18-26(30(33)34)10-8-24(22)20-28/h5,7-15,17-20H,1-4,6,16H2,(H,31,32)(H,33,34). The van der Waals surface area contributed by atoms with E-state index in [1.54, 1.807) is 42.7 Å². The van der Waals surface area contributed by atoms with Crippen molar-refractivity contribution in [1.82, 2.24) is 0 Å². The van der Waals surface area contributed by atoms with Gasteiger partial charge in [0.2, 0.25) is 0 Å². The van der Waals surface area contributed by atoms with E-state index in [-0.39, 0.29) is 11.1 Å². The molecule has 0 bridgehead atoms. The summed E-state index contributed by atoms with van der Waals surface area (Å²) in [5.41, 5.74) is 0.554. The first-order chi connectivity index (χ1) is 17.5. The molecule has 0 saturated carbocycles. The highest BCUT2D eigenvalue weighted by Gasteiger charge is 2.05. The van der Waals surface area contributed by atoms with Crippen molar-refractivity contribution >= 4 is 33.5 Å². The van der Waals surface area contributed by atoms with Crippen LogP contribution in [0, 0.1) is 0 Å². The number of carboxylic acid groups (broad SMARTS) is 2. The first kappa shape index (κ1) is 24.8. The van der Waals surface area contributed by atoms with Gasteiger partial charge in [0.15, 0.2) is 0 Å². The van der Waals surface area contributed by atoms with Gasteiger partial charge in [0.1, 0.15) is 11.5 Å². The van der Waals surface area contributed by atoms with Crippen molar-refractivity contribution in [2.45, 2.75) is 32.1 Å². The van der Waals surface area contributed by atoms with Crippen LogP contribution >= 0.6 is 0 Å². The average molecular weight is 485 g/mol. The average Bonchev–Trinajstić information content (AvgIpc) is 2.88. The van der Waals surface area contributed by atoms with E-state index in [1.165, 1.54) is 0 Å². The summed E-state index contributed by atoms with van der Waals surface area (Å²) in [5.74, 6) is -0.350. The summed E-state index contributed by atoms with van der Waals surface area (Å²) in [5, 5.41) is 21.8. The highest BCUT2D eigenvalue weighted by Crippen LogP contribution is 2.24. The molecule has 0 amide bonds. The Morgan fingerprint density at radius 1 is 0.639 bits per heavy atom. The fourth-order valence-electron chi connectivity index (χ4n) is 3.98. The molecule has 0 aliphatic carbocycles. The molecular formula is C30H28O6. The number of aromatic carboxylic acids is 2. The molecule has 0 saturated heterocycles. The Labute approximate surface area is 209 Å². The van der Waals surface area contributed by atoms with Crippen molar-refractivity contribution in [2.24, 2.45) is 0 Å². The van der Waals surface area contributed by atoms with Crippen LogP contribution in [0.15, 0.2) is 85.1 Å². The smallest absolute Gasteiger partial charge is 0.335 e. The monoisotopic (exact) mass is 484 g/mol. The Morgan fingerprint density at radius 3 is 1.81 bits per heavy atom. The fourth-order valence-corrected chi connectivity index (χ4v) is 3.98. The lowest BCUT2D eigenvalue weighted by Crippen LogP contribution is -1.98. The van der Waals surface area contributed by atoms with Crippen LogP contribution in [-0.2, 0) is 0 Å². The number of carboxylic acids is 2. The summed E-state index contributed by atoms with van der Waals surface area (Å²) in [6.07, 6.45) is 8.86. The van der Waals surface area contributed by atoms with Crippen LogP contribution in [0.25, 0.3) is 21.5 Å². The number of allylic oxidation sites excluding steroid dienone is 1. The molecule has 6 heteroatoms. The quantitative estimate of drug-likeness (QED) is 0.162. The third kappa shape index (κ3) is 6.63. The number of ether oxygens (including phenoxy) is 2. The van der Waals surface area contributed by atoms with Gasteiger partial charge in [0, 0.05) is 0 Å².